The molecule has 1 atom stereocenters. The monoisotopic (exact) mass is 341 g/mol. The van der Waals surface area contributed by atoms with E-state index in [9.17, 15) is 4.79 Å². The van der Waals surface area contributed by atoms with Crippen molar-refractivity contribution in [2.75, 3.05) is 13.1 Å². The third-order valence-electron chi connectivity index (χ3n) is 5.18. The van der Waals surface area contributed by atoms with Gasteiger partial charge in [0, 0.05) is 18.0 Å². The molecule has 0 unspecified atom stereocenters. The summed E-state index contributed by atoms with van der Waals surface area (Å²) in [5.74, 6) is 0.801. The Morgan fingerprint density at radius 1 is 1.33 bits per heavy atom. The maximum absolute atomic E-state index is 12.8. The molecule has 1 saturated heterocycles. The third kappa shape index (κ3) is 2.07. The van der Waals surface area contributed by atoms with E-state index in [1.54, 1.807) is 22.2 Å². The molecule has 3 aromatic heterocycles. The molecule has 0 N–H and O–H groups in total. The van der Waals surface area contributed by atoms with Crippen LogP contribution in [0.3, 0.4) is 0 Å². The number of aryl methyl sites for hydroxylation is 2. The van der Waals surface area contributed by atoms with Crippen molar-refractivity contribution in [3.63, 3.8) is 0 Å². The molecule has 7 heteroatoms. The fourth-order valence-corrected chi connectivity index (χ4v) is 5.22. The number of hydrogen-bond acceptors (Lipinski definition) is 5. The van der Waals surface area contributed by atoms with Gasteiger partial charge in [0.1, 0.15) is 11.2 Å². The second-order valence-electron chi connectivity index (χ2n) is 6.98. The molecule has 6 nitrogen and oxygen atoms in total. The lowest BCUT2D eigenvalue weighted by atomic mass is 10.0. The molecule has 5 rings (SSSR count). The van der Waals surface area contributed by atoms with Crippen LogP contribution in [0, 0.1) is 5.92 Å². The summed E-state index contributed by atoms with van der Waals surface area (Å²) >= 11 is 1.76. The molecular weight excluding hydrogens is 322 g/mol. The Labute approximate surface area is 143 Å². The van der Waals surface area contributed by atoms with E-state index in [1.807, 2.05) is 4.90 Å². The van der Waals surface area contributed by atoms with Crippen molar-refractivity contribution in [2.24, 2.45) is 5.92 Å². The first-order valence-electron chi connectivity index (χ1n) is 8.65. The van der Waals surface area contributed by atoms with Gasteiger partial charge in [-0.25, -0.2) is 14.5 Å². The largest absolute Gasteiger partial charge is 0.336 e. The summed E-state index contributed by atoms with van der Waals surface area (Å²) in [6, 6.07) is 0. The number of carbonyl (C=O) groups excluding carboxylic acids is 1. The molecular formula is C17H19N5OS. The van der Waals surface area contributed by atoms with Crippen molar-refractivity contribution in [2.45, 2.75) is 39.0 Å². The number of fused-ring (bicyclic) bond motifs is 5. The van der Waals surface area contributed by atoms with Crippen LogP contribution in [-0.4, -0.2) is 43.5 Å². The molecule has 0 spiro atoms. The lowest BCUT2D eigenvalue weighted by Gasteiger charge is -2.29. The SMILES string of the molecule is C[C@@H]1CCCN(C(=O)c2nc3c4c5c(sc4ncn3n2)CCC5)C1. The molecule has 1 aliphatic heterocycles. The first-order chi connectivity index (χ1) is 11.7. The summed E-state index contributed by atoms with van der Waals surface area (Å²) in [5.41, 5.74) is 2.15. The highest BCUT2D eigenvalue weighted by molar-refractivity contribution is 7.19. The zero-order chi connectivity index (χ0) is 16.3. The van der Waals surface area contributed by atoms with E-state index in [-0.39, 0.29) is 5.91 Å². The summed E-state index contributed by atoms with van der Waals surface area (Å²) in [6.07, 6.45) is 7.35. The maximum atomic E-state index is 12.8. The highest BCUT2D eigenvalue weighted by atomic mass is 32.1. The number of hydrogen-bond donors (Lipinski definition) is 0. The molecule has 1 fully saturated rings. The predicted molar refractivity (Wildman–Crippen MR) is 92.5 cm³/mol. The lowest BCUT2D eigenvalue weighted by molar-refractivity contribution is 0.0671. The number of amides is 1. The molecule has 0 saturated carbocycles. The second-order valence-corrected chi connectivity index (χ2v) is 8.07. The van der Waals surface area contributed by atoms with Crippen LogP contribution in [0.2, 0.25) is 0 Å². The Bertz CT molecular complexity index is 959. The van der Waals surface area contributed by atoms with Gasteiger partial charge in [-0.2, -0.15) is 0 Å². The van der Waals surface area contributed by atoms with Crippen molar-refractivity contribution in [1.29, 1.82) is 0 Å². The van der Waals surface area contributed by atoms with Gasteiger partial charge in [-0.05, 0) is 43.6 Å². The first kappa shape index (κ1) is 14.3. The third-order valence-corrected chi connectivity index (χ3v) is 6.38. The standard InChI is InChI=1S/C17H19N5OS/c1-10-4-3-7-21(8-10)17(23)14-19-15-13-11-5-2-6-12(11)24-16(13)18-9-22(15)20-14/h9-10H,2-8H2,1H3/t10-/m1/s1. The summed E-state index contributed by atoms with van der Waals surface area (Å²) < 4.78 is 1.67. The van der Waals surface area contributed by atoms with Crippen molar-refractivity contribution in [3.8, 4) is 0 Å². The number of likely N-dealkylation sites (tertiary alicyclic amines) is 1. The van der Waals surface area contributed by atoms with Gasteiger partial charge in [-0.15, -0.1) is 16.4 Å². The number of piperidine rings is 1. The van der Waals surface area contributed by atoms with E-state index in [1.165, 1.54) is 23.3 Å². The quantitative estimate of drug-likeness (QED) is 0.683. The van der Waals surface area contributed by atoms with Crippen LogP contribution in [0.25, 0.3) is 15.9 Å². The topological polar surface area (TPSA) is 63.4 Å². The lowest BCUT2D eigenvalue weighted by Crippen LogP contribution is -2.39. The number of aromatic nitrogens is 4. The van der Waals surface area contributed by atoms with Crippen molar-refractivity contribution < 1.29 is 4.79 Å². The minimum Gasteiger partial charge on any atom is -0.336 e. The number of rotatable bonds is 1. The average Bonchev–Trinajstić information content (AvgIpc) is 3.26. The fraction of sp³-hybridized carbons (Fsp3) is 0.529. The normalized spacial score (nSPS) is 20.9. The van der Waals surface area contributed by atoms with Crippen LogP contribution >= 0.6 is 11.3 Å². The molecule has 124 valence electrons. The smallest absolute Gasteiger partial charge is 0.293 e. The second kappa shape index (κ2) is 5.24. The van der Waals surface area contributed by atoms with Crippen molar-refractivity contribution in [1.82, 2.24) is 24.5 Å². The molecule has 3 aromatic rings. The Morgan fingerprint density at radius 3 is 3.12 bits per heavy atom. The summed E-state index contributed by atoms with van der Waals surface area (Å²) in [5, 5.41) is 5.53. The molecule has 4 heterocycles. The van der Waals surface area contributed by atoms with Gasteiger partial charge in [-0.1, -0.05) is 6.92 Å². The maximum Gasteiger partial charge on any atom is 0.293 e. The van der Waals surface area contributed by atoms with E-state index in [0.29, 0.717) is 11.7 Å². The van der Waals surface area contributed by atoms with Crippen LogP contribution in [-0.2, 0) is 12.8 Å². The van der Waals surface area contributed by atoms with Crippen molar-refractivity contribution in [3.05, 3.63) is 22.6 Å². The van der Waals surface area contributed by atoms with Gasteiger partial charge in [0.05, 0.1) is 5.39 Å². The van der Waals surface area contributed by atoms with Crippen LogP contribution in [0.1, 0.15) is 47.2 Å². The predicted octanol–water partition coefficient (Wildman–Crippen LogP) is 2.70. The van der Waals surface area contributed by atoms with E-state index in [0.717, 1.165) is 48.2 Å². The Balaban J connectivity index is 1.60. The minimum atomic E-state index is -0.0507. The summed E-state index contributed by atoms with van der Waals surface area (Å²) in [4.78, 5) is 26.3. The van der Waals surface area contributed by atoms with Crippen LogP contribution in [0.4, 0.5) is 0 Å². The first-order valence-corrected chi connectivity index (χ1v) is 9.47. The fourth-order valence-electron chi connectivity index (χ4n) is 4.00. The van der Waals surface area contributed by atoms with Gasteiger partial charge >= 0.3 is 0 Å². The van der Waals surface area contributed by atoms with E-state index in [4.69, 9.17) is 0 Å². The summed E-state index contributed by atoms with van der Waals surface area (Å²) in [7, 11) is 0. The minimum absolute atomic E-state index is 0.0507. The highest BCUT2D eigenvalue weighted by Gasteiger charge is 2.27. The molecule has 0 bridgehead atoms. The number of nitrogens with zero attached hydrogens (tertiary/aromatic N) is 5. The van der Waals surface area contributed by atoms with Gasteiger partial charge in [0.25, 0.3) is 5.91 Å². The molecule has 1 amide bonds. The van der Waals surface area contributed by atoms with Crippen molar-refractivity contribution >= 4 is 33.1 Å². The van der Waals surface area contributed by atoms with Gasteiger partial charge in [0.15, 0.2) is 5.65 Å². The van der Waals surface area contributed by atoms with Crippen LogP contribution < -0.4 is 0 Å². The van der Waals surface area contributed by atoms with E-state index < -0.39 is 0 Å². The number of carbonyl (C=O) groups is 1. The van der Waals surface area contributed by atoms with Gasteiger partial charge < -0.3 is 4.90 Å². The summed E-state index contributed by atoms with van der Waals surface area (Å²) in [6.45, 7) is 3.80. The number of thiophene rings is 1. The average molecular weight is 341 g/mol. The van der Waals surface area contributed by atoms with Crippen LogP contribution in [0.15, 0.2) is 6.33 Å². The van der Waals surface area contributed by atoms with E-state index in [2.05, 4.69) is 22.0 Å². The van der Waals surface area contributed by atoms with Crippen LogP contribution in [0.5, 0.6) is 0 Å². The Kier molecular flexibility index (Phi) is 3.13. The molecule has 0 aromatic carbocycles. The molecule has 1 aliphatic carbocycles. The van der Waals surface area contributed by atoms with Gasteiger partial charge in [-0.3, -0.25) is 4.79 Å². The molecule has 2 aliphatic rings. The Morgan fingerprint density at radius 2 is 2.25 bits per heavy atom. The zero-order valence-electron chi connectivity index (χ0n) is 13.7. The zero-order valence-corrected chi connectivity index (χ0v) is 14.5. The Hall–Kier alpha value is -2.02. The highest BCUT2D eigenvalue weighted by Crippen LogP contribution is 2.37. The van der Waals surface area contributed by atoms with E-state index >= 15 is 0 Å². The molecule has 0 radical (unpaired) electrons. The van der Waals surface area contributed by atoms with Gasteiger partial charge in [0.2, 0.25) is 5.82 Å². The molecule has 24 heavy (non-hydrogen) atoms.